The van der Waals surface area contributed by atoms with Gasteiger partial charge < -0.3 is 9.84 Å². The minimum Gasteiger partial charge on any atom is -0.507 e. The van der Waals surface area contributed by atoms with Crippen molar-refractivity contribution in [2.45, 2.75) is 6.18 Å². The van der Waals surface area contributed by atoms with Crippen LogP contribution >= 0.6 is 39.9 Å². The van der Waals surface area contributed by atoms with Gasteiger partial charge in [-0.25, -0.2) is 0 Å². The Hall–Kier alpha value is -2.04. The van der Waals surface area contributed by atoms with E-state index in [0.717, 1.165) is 23.1 Å². The van der Waals surface area contributed by atoms with Gasteiger partial charge in [0.2, 0.25) is 0 Å². The number of benzene rings is 2. The van der Waals surface area contributed by atoms with E-state index in [-0.39, 0.29) is 20.1 Å². The minimum atomic E-state index is -4.81. The van der Waals surface area contributed by atoms with Gasteiger partial charge in [0.15, 0.2) is 4.32 Å². The Morgan fingerprint density at radius 2 is 1.86 bits per heavy atom. The number of hydrogen-bond acceptors (Lipinski definition) is 5. The lowest BCUT2D eigenvalue weighted by molar-refractivity contribution is -0.113. The maximum absolute atomic E-state index is 13.8. The number of carbonyl (C=O) groups is 1. The number of hydrogen-bond donors (Lipinski definition) is 1. The van der Waals surface area contributed by atoms with Crippen LogP contribution in [0, 0.1) is 0 Å². The summed E-state index contributed by atoms with van der Waals surface area (Å²) >= 11 is 8.75. The summed E-state index contributed by atoms with van der Waals surface area (Å²) in [7, 11) is 1.47. The van der Waals surface area contributed by atoms with Gasteiger partial charge in [-0.2, -0.15) is 13.2 Å². The fraction of sp³-hybridized carbons (Fsp3) is 0.111. The Labute approximate surface area is 176 Å². The van der Waals surface area contributed by atoms with Crippen molar-refractivity contribution in [2.75, 3.05) is 12.0 Å². The summed E-state index contributed by atoms with van der Waals surface area (Å²) in [6.45, 7) is 0. The van der Waals surface area contributed by atoms with E-state index in [4.69, 9.17) is 17.0 Å². The minimum absolute atomic E-state index is 0.00948. The van der Waals surface area contributed by atoms with Crippen LogP contribution < -0.4 is 9.64 Å². The molecule has 10 heteroatoms. The summed E-state index contributed by atoms with van der Waals surface area (Å²) in [4.78, 5) is 13.4. The van der Waals surface area contributed by atoms with Gasteiger partial charge in [0.05, 0.1) is 27.7 Å². The van der Waals surface area contributed by atoms with Crippen molar-refractivity contribution >= 4 is 61.4 Å². The Kier molecular flexibility index (Phi) is 5.74. The SMILES string of the molecule is COc1ccc(N2C(=O)C(=C(c3ccc(O)c(Br)c3)C(F)(F)F)SC2=S)cc1. The maximum Gasteiger partial charge on any atom is 0.418 e. The summed E-state index contributed by atoms with van der Waals surface area (Å²) < 4.78 is 46.6. The van der Waals surface area contributed by atoms with E-state index >= 15 is 0 Å². The Bertz CT molecular complexity index is 991. The zero-order valence-corrected chi connectivity index (χ0v) is 17.3. The number of halogens is 4. The molecule has 4 nitrogen and oxygen atoms in total. The highest BCUT2D eigenvalue weighted by atomic mass is 79.9. The lowest BCUT2D eigenvalue weighted by Gasteiger charge is -2.16. The highest BCUT2D eigenvalue weighted by Crippen LogP contribution is 2.46. The molecule has 146 valence electrons. The first-order chi connectivity index (χ1) is 13.1. The van der Waals surface area contributed by atoms with E-state index < -0.39 is 22.6 Å². The topological polar surface area (TPSA) is 49.8 Å². The van der Waals surface area contributed by atoms with E-state index in [9.17, 15) is 23.1 Å². The number of alkyl halides is 3. The van der Waals surface area contributed by atoms with Crippen LogP contribution in [-0.2, 0) is 4.79 Å². The zero-order chi connectivity index (χ0) is 20.6. The van der Waals surface area contributed by atoms with Gasteiger partial charge in [-0.15, -0.1) is 0 Å². The number of phenolic OH excluding ortho intramolecular Hbond substituents is 1. The molecule has 1 aliphatic heterocycles. The third-order valence-electron chi connectivity index (χ3n) is 3.85. The van der Waals surface area contributed by atoms with E-state index in [2.05, 4.69) is 15.9 Å². The van der Waals surface area contributed by atoms with Gasteiger partial charge in [0.25, 0.3) is 5.91 Å². The Morgan fingerprint density at radius 1 is 1.21 bits per heavy atom. The van der Waals surface area contributed by atoms with Crippen molar-refractivity contribution < 1.29 is 27.8 Å². The number of allylic oxidation sites excluding steroid dienone is 1. The number of thiocarbonyl (C=S) groups is 1. The molecule has 1 aliphatic rings. The fourth-order valence-electron chi connectivity index (χ4n) is 2.56. The van der Waals surface area contributed by atoms with Crippen molar-refractivity contribution in [3.8, 4) is 11.5 Å². The van der Waals surface area contributed by atoms with Crippen molar-refractivity contribution in [1.29, 1.82) is 0 Å². The van der Waals surface area contributed by atoms with E-state index in [1.807, 2.05) is 0 Å². The summed E-state index contributed by atoms with van der Waals surface area (Å²) in [6, 6.07) is 9.57. The molecule has 2 aromatic carbocycles. The number of nitrogens with zero attached hydrogens (tertiary/aromatic N) is 1. The third kappa shape index (κ3) is 3.89. The molecule has 1 amide bonds. The number of thioether (sulfide) groups is 1. The molecule has 1 heterocycles. The van der Waals surface area contributed by atoms with Crippen LogP contribution in [0.15, 0.2) is 51.8 Å². The zero-order valence-electron chi connectivity index (χ0n) is 14.1. The average Bonchev–Trinajstić information content (AvgIpc) is 2.91. The first-order valence-corrected chi connectivity index (χ1v) is 9.66. The van der Waals surface area contributed by atoms with Gasteiger partial charge in [-0.3, -0.25) is 9.69 Å². The molecule has 0 aliphatic carbocycles. The van der Waals surface area contributed by atoms with Crippen LogP contribution in [0.5, 0.6) is 11.5 Å². The molecule has 0 aromatic heterocycles. The Balaban J connectivity index is 2.12. The second kappa shape index (κ2) is 7.76. The largest absolute Gasteiger partial charge is 0.507 e. The van der Waals surface area contributed by atoms with Crippen molar-refractivity contribution in [2.24, 2.45) is 0 Å². The molecule has 0 saturated carbocycles. The van der Waals surface area contributed by atoms with Crippen molar-refractivity contribution in [1.82, 2.24) is 0 Å². The summed E-state index contributed by atoms with van der Waals surface area (Å²) in [5.74, 6) is -0.539. The Morgan fingerprint density at radius 3 is 2.39 bits per heavy atom. The second-order valence-electron chi connectivity index (χ2n) is 5.57. The molecule has 0 unspecified atom stereocenters. The van der Waals surface area contributed by atoms with Gasteiger partial charge in [-0.1, -0.05) is 30.0 Å². The monoisotopic (exact) mass is 489 g/mol. The third-order valence-corrected chi connectivity index (χ3v) is 5.85. The predicted molar refractivity (Wildman–Crippen MR) is 109 cm³/mol. The van der Waals surface area contributed by atoms with Gasteiger partial charge >= 0.3 is 6.18 Å². The van der Waals surface area contributed by atoms with Crippen LogP contribution in [-0.4, -0.2) is 28.6 Å². The smallest absolute Gasteiger partial charge is 0.418 e. The molecule has 0 bridgehead atoms. The normalized spacial score (nSPS) is 16.5. The number of ether oxygens (including phenoxy) is 1. The maximum atomic E-state index is 13.8. The number of aromatic hydroxyl groups is 1. The van der Waals surface area contributed by atoms with Crippen LogP contribution in [0.4, 0.5) is 18.9 Å². The highest BCUT2D eigenvalue weighted by Gasteiger charge is 2.45. The number of amides is 1. The predicted octanol–water partition coefficient (Wildman–Crippen LogP) is 5.50. The average molecular weight is 490 g/mol. The first-order valence-electron chi connectivity index (χ1n) is 7.64. The standard InChI is InChI=1S/C18H11BrF3NO3S2/c1-26-11-5-3-10(4-6-11)23-16(25)15(28-17(23)27)14(18(20,21)22)9-2-7-13(24)12(19)8-9/h2-8,24H,1H3. The van der Waals surface area contributed by atoms with Crippen molar-refractivity contribution in [3.63, 3.8) is 0 Å². The highest BCUT2D eigenvalue weighted by molar-refractivity contribution is 9.10. The molecule has 28 heavy (non-hydrogen) atoms. The van der Waals surface area contributed by atoms with Gasteiger partial charge in [0.1, 0.15) is 11.5 Å². The first kappa shape index (κ1) is 20.7. The number of anilines is 1. The number of phenols is 1. The fourth-order valence-corrected chi connectivity index (χ4v) is 4.34. The molecular formula is C18H11BrF3NO3S2. The summed E-state index contributed by atoms with van der Waals surface area (Å²) in [5, 5.41) is 9.57. The number of methoxy groups -OCH3 is 1. The van der Waals surface area contributed by atoms with E-state index in [1.165, 1.54) is 19.2 Å². The summed E-state index contributed by atoms with van der Waals surface area (Å²) in [5.41, 5.74) is -1.03. The molecule has 1 saturated heterocycles. The number of carbonyl (C=O) groups excluding carboxylic acids is 1. The quantitative estimate of drug-likeness (QED) is 0.455. The van der Waals surface area contributed by atoms with Crippen LogP contribution in [0.25, 0.3) is 5.57 Å². The molecular weight excluding hydrogens is 479 g/mol. The van der Waals surface area contributed by atoms with Gasteiger partial charge in [0, 0.05) is 0 Å². The molecule has 3 rings (SSSR count). The van der Waals surface area contributed by atoms with Crippen LogP contribution in [0.3, 0.4) is 0 Å². The van der Waals surface area contributed by atoms with Gasteiger partial charge in [-0.05, 0) is 57.9 Å². The molecule has 1 N–H and O–H groups in total. The lowest BCUT2D eigenvalue weighted by atomic mass is 10.0. The van der Waals surface area contributed by atoms with E-state index in [1.54, 1.807) is 12.1 Å². The molecule has 2 aromatic rings. The number of rotatable bonds is 3. The molecule has 0 radical (unpaired) electrons. The van der Waals surface area contributed by atoms with Crippen LogP contribution in [0.2, 0.25) is 0 Å². The lowest BCUT2D eigenvalue weighted by Crippen LogP contribution is -2.28. The van der Waals surface area contributed by atoms with Crippen LogP contribution in [0.1, 0.15) is 5.56 Å². The second-order valence-corrected chi connectivity index (χ2v) is 8.07. The summed E-state index contributed by atoms with van der Waals surface area (Å²) in [6.07, 6.45) is -4.81. The molecule has 1 fully saturated rings. The molecule has 0 atom stereocenters. The van der Waals surface area contributed by atoms with Crippen molar-refractivity contribution in [3.05, 3.63) is 57.4 Å². The van der Waals surface area contributed by atoms with E-state index in [0.29, 0.717) is 23.2 Å². The molecule has 0 spiro atoms.